The zero-order valence-electron chi connectivity index (χ0n) is 14.2. The molecule has 7 heteroatoms. The molecule has 2 aromatic heterocycles. The van der Waals surface area contributed by atoms with Crippen molar-refractivity contribution in [1.82, 2.24) is 4.98 Å². The van der Waals surface area contributed by atoms with Crippen LogP contribution in [0.2, 0.25) is 0 Å². The van der Waals surface area contributed by atoms with Gasteiger partial charge in [-0.2, -0.15) is 0 Å². The summed E-state index contributed by atoms with van der Waals surface area (Å²) in [5.41, 5.74) is 2.32. The lowest BCUT2D eigenvalue weighted by Crippen LogP contribution is -2.26. The monoisotopic (exact) mass is 360 g/mol. The van der Waals surface area contributed by atoms with Crippen molar-refractivity contribution >= 4 is 28.2 Å². The molecule has 0 spiro atoms. The number of carboxylic acids is 1. The number of hydrogen-bond donors (Lipinski definition) is 3. The Morgan fingerprint density at radius 2 is 2.04 bits per heavy atom. The smallest absolute Gasteiger partial charge is 0.339 e. The third-order valence-electron chi connectivity index (χ3n) is 4.59. The number of fused-ring (bicyclic) bond motifs is 1. The van der Waals surface area contributed by atoms with Crippen LogP contribution in [0.4, 0.5) is 5.00 Å². The van der Waals surface area contributed by atoms with Gasteiger partial charge in [0.25, 0.3) is 11.5 Å². The number of nitrogens with one attached hydrogen (secondary N) is 2. The van der Waals surface area contributed by atoms with Gasteiger partial charge in [-0.25, -0.2) is 4.79 Å². The maximum absolute atomic E-state index is 12.6. The van der Waals surface area contributed by atoms with Crippen LogP contribution in [-0.4, -0.2) is 22.0 Å². The van der Waals surface area contributed by atoms with Crippen molar-refractivity contribution in [1.29, 1.82) is 0 Å². The number of aryl methyl sites for hydroxylation is 3. The number of aromatic nitrogens is 1. The number of hydrogen-bond acceptors (Lipinski definition) is 4. The SMILES string of the molecule is CCc1c(C)sc(NC(=O)c2cc3c([nH]c2=O)CCCC3)c1C(=O)O. The first kappa shape index (κ1) is 17.4. The molecule has 0 fully saturated rings. The molecule has 0 atom stereocenters. The molecule has 0 aliphatic heterocycles. The third kappa shape index (κ3) is 3.24. The molecule has 1 aliphatic carbocycles. The van der Waals surface area contributed by atoms with Gasteiger partial charge in [-0.1, -0.05) is 6.92 Å². The molecule has 0 saturated carbocycles. The van der Waals surface area contributed by atoms with Gasteiger partial charge in [0.1, 0.15) is 10.6 Å². The summed E-state index contributed by atoms with van der Waals surface area (Å²) in [4.78, 5) is 40.1. The molecule has 2 heterocycles. The molecule has 2 aromatic rings. The number of carboxylic acid groups (broad SMARTS) is 1. The maximum atomic E-state index is 12.6. The van der Waals surface area contributed by atoms with E-state index in [0.29, 0.717) is 12.0 Å². The number of rotatable bonds is 4. The molecule has 1 amide bonds. The number of H-pyrrole nitrogens is 1. The molecular formula is C18H20N2O4S. The second-order valence-corrected chi connectivity index (χ2v) is 7.40. The van der Waals surface area contributed by atoms with E-state index in [1.807, 2.05) is 13.8 Å². The van der Waals surface area contributed by atoms with E-state index in [1.54, 1.807) is 6.07 Å². The standard InChI is InChI=1S/C18H20N2O4S/c1-3-11-9(2)25-17(14(11)18(23)24)20-16(22)12-8-10-6-4-5-7-13(10)19-15(12)21/h8H,3-7H2,1-2H3,(H,19,21)(H,20,22)(H,23,24). The second-order valence-electron chi connectivity index (χ2n) is 6.18. The Balaban J connectivity index is 1.96. The largest absolute Gasteiger partial charge is 0.478 e. The van der Waals surface area contributed by atoms with Crippen molar-refractivity contribution in [2.45, 2.75) is 46.0 Å². The van der Waals surface area contributed by atoms with E-state index in [2.05, 4.69) is 10.3 Å². The fraction of sp³-hybridized carbons (Fsp3) is 0.389. The first-order chi connectivity index (χ1) is 11.9. The van der Waals surface area contributed by atoms with Crippen LogP contribution >= 0.6 is 11.3 Å². The Morgan fingerprint density at radius 1 is 1.32 bits per heavy atom. The van der Waals surface area contributed by atoms with Crippen molar-refractivity contribution in [3.05, 3.63) is 49.2 Å². The van der Waals surface area contributed by atoms with E-state index < -0.39 is 17.4 Å². The van der Waals surface area contributed by atoms with Gasteiger partial charge in [0.05, 0.1) is 5.56 Å². The Bertz CT molecular complexity index is 911. The molecule has 1 aliphatic rings. The maximum Gasteiger partial charge on any atom is 0.339 e. The highest BCUT2D eigenvalue weighted by molar-refractivity contribution is 7.16. The molecule has 0 aromatic carbocycles. The number of anilines is 1. The lowest BCUT2D eigenvalue weighted by Gasteiger charge is -2.15. The predicted molar refractivity (Wildman–Crippen MR) is 97.1 cm³/mol. The molecular weight excluding hydrogens is 340 g/mol. The zero-order valence-corrected chi connectivity index (χ0v) is 15.0. The first-order valence-electron chi connectivity index (χ1n) is 8.34. The Kier molecular flexibility index (Phi) is 4.76. The minimum atomic E-state index is -1.07. The second kappa shape index (κ2) is 6.84. The molecule has 0 unspecified atom stereocenters. The topological polar surface area (TPSA) is 99.3 Å². The number of thiophene rings is 1. The van der Waals surface area contributed by atoms with E-state index in [0.717, 1.165) is 41.8 Å². The normalized spacial score (nSPS) is 13.4. The highest BCUT2D eigenvalue weighted by Crippen LogP contribution is 2.33. The predicted octanol–water partition coefficient (Wildman–Crippen LogP) is 3.14. The summed E-state index contributed by atoms with van der Waals surface area (Å²) in [6, 6.07) is 1.64. The number of amides is 1. The van der Waals surface area contributed by atoms with Gasteiger partial charge < -0.3 is 15.4 Å². The van der Waals surface area contributed by atoms with Crippen LogP contribution in [0.3, 0.4) is 0 Å². The number of pyridine rings is 1. The Labute approximate surface area is 148 Å². The summed E-state index contributed by atoms with van der Waals surface area (Å²) in [7, 11) is 0. The van der Waals surface area contributed by atoms with E-state index >= 15 is 0 Å². The van der Waals surface area contributed by atoms with Crippen molar-refractivity contribution in [2.75, 3.05) is 5.32 Å². The summed E-state index contributed by atoms with van der Waals surface area (Å²) < 4.78 is 0. The molecule has 132 valence electrons. The Morgan fingerprint density at radius 3 is 2.72 bits per heavy atom. The number of carbonyl (C=O) groups is 2. The van der Waals surface area contributed by atoms with E-state index in [9.17, 15) is 19.5 Å². The van der Waals surface area contributed by atoms with Gasteiger partial charge in [0.2, 0.25) is 0 Å². The summed E-state index contributed by atoms with van der Waals surface area (Å²) in [6.45, 7) is 3.71. The molecule has 3 N–H and O–H groups in total. The van der Waals surface area contributed by atoms with Crippen LogP contribution in [0.15, 0.2) is 10.9 Å². The van der Waals surface area contributed by atoms with Crippen molar-refractivity contribution in [2.24, 2.45) is 0 Å². The lowest BCUT2D eigenvalue weighted by molar-refractivity contribution is 0.0697. The van der Waals surface area contributed by atoms with Crippen molar-refractivity contribution < 1.29 is 14.7 Å². The van der Waals surface area contributed by atoms with Gasteiger partial charge in [-0.05, 0) is 56.2 Å². The molecule has 6 nitrogen and oxygen atoms in total. The van der Waals surface area contributed by atoms with Gasteiger partial charge >= 0.3 is 5.97 Å². The average molecular weight is 360 g/mol. The van der Waals surface area contributed by atoms with Crippen LogP contribution in [-0.2, 0) is 19.3 Å². The summed E-state index contributed by atoms with van der Waals surface area (Å²) >= 11 is 1.23. The van der Waals surface area contributed by atoms with Crippen LogP contribution in [0.25, 0.3) is 0 Å². The highest BCUT2D eigenvalue weighted by Gasteiger charge is 2.24. The number of aromatic amines is 1. The van der Waals surface area contributed by atoms with Gasteiger partial charge in [-0.15, -0.1) is 11.3 Å². The quantitative estimate of drug-likeness (QED) is 0.780. The minimum absolute atomic E-state index is 0.0288. The van der Waals surface area contributed by atoms with E-state index in [4.69, 9.17) is 0 Å². The van der Waals surface area contributed by atoms with Crippen LogP contribution in [0.1, 0.15) is 62.2 Å². The van der Waals surface area contributed by atoms with Gasteiger partial charge in [-0.3, -0.25) is 9.59 Å². The van der Waals surface area contributed by atoms with Gasteiger partial charge in [0.15, 0.2) is 0 Å². The zero-order chi connectivity index (χ0) is 18.1. The van der Waals surface area contributed by atoms with Crippen LogP contribution in [0.5, 0.6) is 0 Å². The van der Waals surface area contributed by atoms with Crippen molar-refractivity contribution in [3.63, 3.8) is 0 Å². The first-order valence-corrected chi connectivity index (χ1v) is 9.16. The molecule has 0 bridgehead atoms. The van der Waals surface area contributed by atoms with E-state index in [1.165, 1.54) is 11.3 Å². The molecule has 3 rings (SSSR count). The fourth-order valence-corrected chi connectivity index (χ4v) is 4.46. The fourth-order valence-electron chi connectivity index (χ4n) is 3.33. The molecule has 0 saturated heterocycles. The third-order valence-corrected chi connectivity index (χ3v) is 5.65. The highest BCUT2D eigenvalue weighted by atomic mass is 32.1. The minimum Gasteiger partial charge on any atom is -0.478 e. The summed E-state index contributed by atoms with van der Waals surface area (Å²) in [5.74, 6) is -1.64. The Hall–Kier alpha value is -2.41. The lowest BCUT2D eigenvalue weighted by atomic mass is 9.95. The molecule has 0 radical (unpaired) electrons. The number of aromatic carboxylic acids is 1. The van der Waals surface area contributed by atoms with Crippen LogP contribution < -0.4 is 10.9 Å². The summed E-state index contributed by atoms with van der Waals surface area (Å²) in [5, 5.41) is 12.4. The number of carbonyl (C=O) groups excluding carboxylic acids is 1. The summed E-state index contributed by atoms with van der Waals surface area (Å²) in [6.07, 6.45) is 4.29. The van der Waals surface area contributed by atoms with Crippen molar-refractivity contribution in [3.8, 4) is 0 Å². The average Bonchev–Trinajstić information content (AvgIpc) is 2.89. The van der Waals surface area contributed by atoms with Gasteiger partial charge in [0, 0.05) is 10.6 Å². The van der Waals surface area contributed by atoms with E-state index in [-0.39, 0.29) is 16.1 Å². The van der Waals surface area contributed by atoms with Crippen LogP contribution in [0, 0.1) is 6.92 Å². The molecule has 25 heavy (non-hydrogen) atoms.